The lowest BCUT2D eigenvalue weighted by molar-refractivity contribution is -0.240. The number of carbonyl (C=O) groups is 2. The predicted molar refractivity (Wildman–Crippen MR) is 144 cm³/mol. The average molecular weight is 554 g/mol. The normalized spacial score (nSPS) is 16.1. The van der Waals surface area contributed by atoms with E-state index in [-0.39, 0.29) is 6.61 Å². The number of nitrogens with one attached hydrogen (secondary N) is 1. The molecular formula is C29H25Cl2NO6. The summed E-state index contributed by atoms with van der Waals surface area (Å²) in [4.78, 5) is 29.6. The van der Waals surface area contributed by atoms with Gasteiger partial charge < -0.3 is 23.9 Å². The van der Waals surface area contributed by atoms with E-state index in [1.54, 1.807) is 42.6 Å². The highest BCUT2D eigenvalue weighted by atomic mass is 35.5. The second-order valence-corrected chi connectivity index (χ2v) is 10.3. The maximum Gasteiger partial charge on any atom is 0.324 e. The van der Waals surface area contributed by atoms with Gasteiger partial charge in [-0.15, -0.1) is 0 Å². The molecule has 1 aliphatic rings. The fourth-order valence-electron chi connectivity index (χ4n) is 4.69. The van der Waals surface area contributed by atoms with E-state index in [1.807, 2.05) is 24.3 Å². The number of esters is 2. The van der Waals surface area contributed by atoms with Crippen LogP contribution in [0.25, 0.3) is 10.9 Å². The number of benzene rings is 3. The molecule has 0 amide bonds. The van der Waals surface area contributed by atoms with Crippen LogP contribution in [-0.4, -0.2) is 29.8 Å². The van der Waals surface area contributed by atoms with Crippen molar-refractivity contribution in [1.29, 1.82) is 0 Å². The molecule has 38 heavy (non-hydrogen) atoms. The maximum absolute atomic E-state index is 13.2. The first-order valence-electron chi connectivity index (χ1n) is 11.9. The van der Waals surface area contributed by atoms with Crippen LogP contribution in [0.3, 0.4) is 0 Å². The minimum absolute atomic E-state index is 0.188. The number of methoxy groups -OCH3 is 1. The number of H-pyrrole nitrogens is 1. The van der Waals surface area contributed by atoms with Crippen molar-refractivity contribution in [3.8, 4) is 11.5 Å². The summed E-state index contributed by atoms with van der Waals surface area (Å²) in [6.45, 7) is 3.25. The zero-order valence-corrected chi connectivity index (χ0v) is 22.4. The lowest BCUT2D eigenvalue weighted by atomic mass is 9.80. The average Bonchev–Trinajstić information content (AvgIpc) is 3.29. The third kappa shape index (κ3) is 5.04. The molecule has 0 unspecified atom stereocenters. The number of aromatic amines is 1. The van der Waals surface area contributed by atoms with Gasteiger partial charge in [0, 0.05) is 52.5 Å². The van der Waals surface area contributed by atoms with E-state index in [9.17, 15) is 9.59 Å². The molecule has 0 aliphatic carbocycles. The van der Waals surface area contributed by atoms with Gasteiger partial charge in [-0.25, -0.2) is 0 Å². The molecule has 1 atom stereocenters. The van der Waals surface area contributed by atoms with Crippen molar-refractivity contribution in [2.24, 2.45) is 5.92 Å². The number of halogens is 2. The van der Waals surface area contributed by atoms with Crippen LogP contribution >= 0.6 is 23.2 Å². The maximum atomic E-state index is 13.2. The van der Waals surface area contributed by atoms with Crippen LogP contribution in [-0.2, 0) is 25.7 Å². The van der Waals surface area contributed by atoms with E-state index < -0.39 is 29.6 Å². The largest absolute Gasteiger partial charge is 0.493 e. The van der Waals surface area contributed by atoms with Gasteiger partial charge in [0.15, 0.2) is 17.4 Å². The number of aromatic nitrogens is 1. The zero-order valence-electron chi connectivity index (χ0n) is 20.9. The molecule has 1 saturated heterocycles. The number of cyclic esters (lactones) is 2. The van der Waals surface area contributed by atoms with Crippen molar-refractivity contribution in [2.45, 2.75) is 32.2 Å². The Kier molecular flexibility index (Phi) is 6.99. The summed E-state index contributed by atoms with van der Waals surface area (Å²) >= 11 is 12.3. The Morgan fingerprint density at radius 2 is 1.71 bits per heavy atom. The third-order valence-electron chi connectivity index (χ3n) is 6.44. The number of carbonyl (C=O) groups excluding carboxylic acids is 2. The molecule has 0 spiro atoms. The summed E-state index contributed by atoms with van der Waals surface area (Å²) in [5.41, 5.74) is 3.04. The van der Waals surface area contributed by atoms with Crippen LogP contribution in [0.2, 0.25) is 10.0 Å². The van der Waals surface area contributed by atoms with E-state index >= 15 is 0 Å². The van der Waals surface area contributed by atoms with Crippen molar-refractivity contribution in [3.05, 3.63) is 93.6 Å². The lowest BCUT2D eigenvalue weighted by Gasteiger charge is -2.36. The number of hydrogen-bond acceptors (Lipinski definition) is 6. The number of hydrogen-bond donors (Lipinski definition) is 1. The Morgan fingerprint density at radius 3 is 2.42 bits per heavy atom. The number of fused-ring (bicyclic) bond motifs is 1. The van der Waals surface area contributed by atoms with Crippen molar-refractivity contribution in [3.63, 3.8) is 0 Å². The van der Waals surface area contributed by atoms with E-state index in [1.165, 1.54) is 21.0 Å². The summed E-state index contributed by atoms with van der Waals surface area (Å²) < 4.78 is 22.6. The van der Waals surface area contributed by atoms with Gasteiger partial charge >= 0.3 is 11.9 Å². The zero-order chi connectivity index (χ0) is 27.0. The van der Waals surface area contributed by atoms with Gasteiger partial charge in [-0.3, -0.25) is 9.59 Å². The Bertz CT molecular complexity index is 1510. The molecule has 2 heterocycles. The lowest BCUT2D eigenvalue weighted by Crippen LogP contribution is -2.48. The highest BCUT2D eigenvalue weighted by Crippen LogP contribution is 2.43. The third-order valence-corrected chi connectivity index (χ3v) is 7.02. The monoisotopic (exact) mass is 553 g/mol. The highest BCUT2D eigenvalue weighted by molar-refractivity contribution is 6.35. The van der Waals surface area contributed by atoms with E-state index in [0.29, 0.717) is 27.1 Å². The van der Waals surface area contributed by atoms with Gasteiger partial charge in [-0.05, 0) is 41.5 Å². The summed E-state index contributed by atoms with van der Waals surface area (Å²) in [6.07, 6.45) is 1.80. The predicted octanol–water partition coefficient (Wildman–Crippen LogP) is 6.65. The summed E-state index contributed by atoms with van der Waals surface area (Å²) in [5, 5.41) is 1.90. The topological polar surface area (TPSA) is 86.9 Å². The minimum atomic E-state index is -1.34. The molecule has 196 valence electrons. The number of para-hydroxylation sites is 1. The molecule has 9 heteroatoms. The second-order valence-electron chi connectivity index (χ2n) is 9.42. The Balaban J connectivity index is 1.54. The molecule has 0 saturated carbocycles. The van der Waals surface area contributed by atoms with Crippen LogP contribution in [0.5, 0.6) is 11.5 Å². The molecule has 1 fully saturated rings. The van der Waals surface area contributed by atoms with Gasteiger partial charge in [0.05, 0.1) is 7.11 Å². The fraction of sp³-hybridized carbons (Fsp3) is 0.241. The molecule has 5 rings (SSSR count). The first kappa shape index (κ1) is 25.9. The molecular weight excluding hydrogens is 529 g/mol. The quantitative estimate of drug-likeness (QED) is 0.204. The summed E-state index contributed by atoms with van der Waals surface area (Å²) in [6, 6.07) is 18.1. The standard InChI is InChI=1S/C29H25Cl2NO6/c1-29(2)37-27(33)26(28(34)38-29)25(20-14-32-22-7-5-4-6-19(20)22)16-9-11-23(24(12-16)35-3)36-15-17-8-10-18(30)13-21(17)31/h4-14,25-26,32H,15H2,1-3H3/t25-/m0/s1. The molecule has 4 aromatic rings. The Labute approximate surface area is 229 Å². The van der Waals surface area contributed by atoms with Crippen molar-refractivity contribution < 1.29 is 28.5 Å². The first-order valence-corrected chi connectivity index (χ1v) is 12.7. The van der Waals surface area contributed by atoms with Gasteiger partial charge in [0.2, 0.25) is 0 Å². The first-order chi connectivity index (χ1) is 18.2. The van der Waals surface area contributed by atoms with Crippen molar-refractivity contribution in [1.82, 2.24) is 4.98 Å². The van der Waals surface area contributed by atoms with Gasteiger partial charge in [0.25, 0.3) is 5.79 Å². The van der Waals surface area contributed by atoms with Crippen LogP contribution in [0.4, 0.5) is 0 Å². The second kappa shape index (κ2) is 10.2. The molecule has 0 radical (unpaired) electrons. The fourth-order valence-corrected chi connectivity index (χ4v) is 5.16. The molecule has 7 nitrogen and oxygen atoms in total. The van der Waals surface area contributed by atoms with Gasteiger partial charge in [0.1, 0.15) is 6.61 Å². The minimum Gasteiger partial charge on any atom is -0.493 e. The smallest absolute Gasteiger partial charge is 0.324 e. The van der Waals surface area contributed by atoms with Crippen LogP contribution in [0, 0.1) is 5.92 Å². The van der Waals surface area contributed by atoms with Gasteiger partial charge in [-0.2, -0.15) is 0 Å². The Hall–Kier alpha value is -3.68. The number of ether oxygens (including phenoxy) is 4. The molecule has 1 N–H and O–H groups in total. The van der Waals surface area contributed by atoms with Crippen LogP contribution in [0.15, 0.2) is 66.9 Å². The summed E-state index contributed by atoms with van der Waals surface area (Å²) in [5.74, 6) is -3.68. The molecule has 1 aromatic heterocycles. The molecule has 1 aliphatic heterocycles. The Morgan fingerprint density at radius 1 is 0.974 bits per heavy atom. The highest BCUT2D eigenvalue weighted by Gasteiger charge is 2.48. The SMILES string of the molecule is COc1cc([C@@H](c2c[nH]c3ccccc23)C2C(=O)OC(C)(C)OC2=O)ccc1OCc1ccc(Cl)cc1Cl. The van der Waals surface area contributed by atoms with Crippen molar-refractivity contribution >= 4 is 46.0 Å². The van der Waals surface area contributed by atoms with E-state index in [0.717, 1.165) is 22.0 Å². The van der Waals surface area contributed by atoms with Gasteiger partial charge in [-0.1, -0.05) is 53.5 Å². The van der Waals surface area contributed by atoms with E-state index in [4.69, 9.17) is 42.1 Å². The van der Waals surface area contributed by atoms with Crippen LogP contribution < -0.4 is 9.47 Å². The molecule has 3 aromatic carbocycles. The van der Waals surface area contributed by atoms with Crippen molar-refractivity contribution in [2.75, 3.05) is 7.11 Å². The van der Waals surface area contributed by atoms with Crippen LogP contribution in [0.1, 0.15) is 36.5 Å². The van der Waals surface area contributed by atoms with E-state index in [2.05, 4.69) is 4.98 Å². The molecule has 0 bridgehead atoms. The number of rotatable bonds is 7. The summed E-state index contributed by atoms with van der Waals surface area (Å²) in [7, 11) is 1.52.